The van der Waals surface area contributed by atoms with Crippen molar-refractivity contribution in [1.82, 2.24) is 10.3 Å². The van der Waals surface area contributed by atoms with Crippen LogP contribution >= 0.6 is 11.3 Å². The summed E-state index contributed by atoms with van der Waals surface area (Å²) in [6, 6.07) is 10.3. The molecule has 2 aromatic rings. The summed E-state index contributed by atoms with van der Waals surface area (Å²) in [6.45, 7) is 4.21. The van der Waals surface area contributed by atoms with Crippen LogP contribution in [-0.4, -0.2) is 30.6 Å². The van der Waals surface area contributed by atoms with Crippen molar-refractivity contribution in [2.24, 2.45) is 5.92 Å². The molecule has 1 amide bonds. The molecule has 24 heavy (non-hydrogen) atoms. The van der Waals surface area contributed by atoms with Crippen LogP contribution in [-0.2, 0) is 4.74 Å². The second-order valence-corrected chi connectivity index (χ2v) is 6.91. The fraction of sp³-hybridized carbons (Fsp3) is 0.444. The van der Waals surface area contributed by atoms with Gasteiger partial charge in [-0.25, -0.2) is 4.98 Å². The molecule has 0 spiro atoms. The molecule has 2 heterocycles. The van der Waals surface area contributed by atoms with E-state index in [9.17, 15) is 4.79 Å². The van der Waals surface area contributed by atoms with Crippen molar-refractivity contribution in [2.75, 3.05) is 25.0 Å². The van der Waals surface area contributed by atoms with Crippen molar-refractivity contribution in [1.29, 1.82) is 0 Å². The summed E-state index contributed by atoms with van der Waals surface area (Å²) in [5, 5.41) is 6.95. The van der Waals surface area contributed by atoms with Crippen LogP contribution in [0.15, 0.2) is 36.5 Å². The summed E-state index contributed by atoms with van der Waals surface area (Å²) in [4.78, 5) is 17.2. The van der Waals surface area contributed by atoms with E-state index in [-0.39, 0.29) is 12.0 Å². The van der Waals surface area contributed by atoms with Crippen LogP contribution < -0.4 is 10.6 Å². The Morgan fingerprint density at radius 3 is 3.00 bits per heavy atom. The normalized spacial score (nSPS) is 20.5. The van der Waals surface area contributed by atoms with E-state index in [2.05, 4.69) is 27.8 Å². The molecule has 0 unspecified atom stereocenters. The summed E-state index contributed by atoms with van der Waals surface area (Å²) < 4.78 is 5.98. The van der Waals surface area contributed by atoms with Gasteiger partial charge in [0.25, 0.3) is 5.91 Å². The quantitative estimate of drug-likeness (QED) is 0.841. The zero-order valence-electron chi connectivity index (χ0n) is 13.8. The second-order valence-electron chi connectivity index (χ2n) is 5.87. The average molecular weight is 345 g/mol. The molecule has 128 valence electrons. The maximum absolute atomic E-state index is 12.3. The molecule has 1 aromatic carbocycles. The summed E-state index contributed by atoms with van der Waals surface area (Å²) in [6.07, 6.45) is 3.78. The molecule has 1 aliphatic rings. The monoisotopic (exact) mass is 345 g/mol. The van der Waals surface area contributed by atoms with Crippen LogP contribution in [0.2, 0.25) is 0 Å². The molecular weight excluding hydrogens is 322 g/mol. The SMILES string of the molecule is CCNc1ncc(C(=O)NC[C@@H]2CCCO[C@H]2c2ccccc2)s1. The Kier molecular flexibility index (Phi) is 5.82. The number of nitrogens with one attached hydrogen (secondary N) is 2. The van der Waals surface area contributed by atoms with Crippen molar-refractivity contribution in [3.63, 3.8) is 0 Å². The molecule has 3 rings (SSSR count). The van der Waals surface area contributed by atoms with Gasteiger partial charge in [-0.05, 0) is 25.3 Å². The maximum atomic E-state index is 12.3. The Balaban J connectivity index is 1.60. The Bertz CT molecular complexity index is 659. The van der Waals surface area contributed by atoms with Gasteiger partial charge in [0.1, 0.15) is 4.88 Å². The van der Waals surface area contributed by atoms with Gasteiger partial charge in [0.15, 0.2) is 5.13 Å². The molecule has 1 aliphatic heterocycles. The van der Waals surface area contributed by atoms with Crippen LogP contribution in [0.3, 0.4) is 0 Å². The van der Waals surface area contributed by atoms with Crippen LogP contribution in [0.5, 0.6) is 0 Å². The lowest BCUT2D eigenvalue weighted by Gasteiger charge is -2.32. The van der Waals surface area contributed by atoms with Gasteiger partial charge in [0.05, 0.1) is 12.3 Å². The molecule has 0 aliphatic carbocycles. The molecule has 0 bridgehead atoms. The minimum absolute atomic E-state index is 0.0547. The summed E-state index contributed by atoms with van der Waals surface area (Å²) >= 11 is 1.38. The number of amides is 1. The van der Waals surface area contributed by atoms with Gasteiger partial charge in [-0.1, -0.05) is 41.7 Å². The molecule has 1 saturated heterocycles. The van der Waals surface area contributed by atoms with Gasteiger partial charge in [-0.15, -0.1) is 0 Å². The van der Waals surface area contributed by atoms with E-state index < -0.39 is 0 Å². The lowest BCUT2D eigenvalue weighted by atomic mass is 9.89. The first-order chi connectivity index (χ1) is 11.8. The molecule has 2 N–H and O–H groups in total. The third-order valence-corrected chi connectivity index (χ3v) is 5.11. The van der Waals surface area contributed by atoms with E-state index in [4.69, 9.17) is 4.74 Å². The molecule has 0 saturated carbocycles. The molecule has 2 atom stereocenters. The van der Waals surface area contributed by atoms with Gasteiger partial charge in [-0.3, -0.25) is 4.79 Å². The number of rotatable bonds is 6. The number of aromatic nitrogens is 1. The summed E-state index contributed by atoms with van der Waals surface area (Å²) in [5.41, 5.74) is 1.18. The minimum Gasteiger partial charge on any atom is -0.373 e. The molecule has 1 aromatic heterocycles. The predicted molar refractivity (Wildman–Crippen MR) is 96.5 cm³/mol. The van der Waals surface area contributed by atoms with Gasteiger partial charge >= 0.3 is 0 Å². The highest BCUT2D eigenvalue weighted by atomic mass is 32.1. The second kappa shape index (κ2) is 8.26. The number of carbonyl (C=O) groups is 1. The molecule has 6 heteroatoms. The van der Waals surface area contributed by atoms with Crippen molar-refractivity contribution in [2.45, 2.75) is 25.9 Å². The Hall–Kier alpha value is -1.92. The third-order valence-electron chi connectivity index (χ3n) is 4.16. The van der Waals surface area contributed by atoms with Crippen LogP contribution in [0, 0.1) is 5.92 Å². The molecular formula is C18H23N3O2S. The maximum Gasteiger partial charge on any atom is 0.263 e. The Morgan fingerprint density at radius 1 is 1.38 bits per heavy atom. The number of hydrogen-bond acceptors (Lipinski definition) is 5. The molecule has 5 nitrogen and oxygen atoms in total. The van der Waals surface area contributed by atoms with E-state index in [1.54, 1.807) is 6.20 Å². The minimum atomic E-state index is -0.0611. The van der Waals surface area contributed by atoms with E-state index in [0.29, 0.717) is 17.3 Å². The zero-order valence-corrected chi connectivity index (χ0v) is 14.6. The van der Waals surface area contributed by atoms with Crippen LogP contribution in [0.25, 0.3) is 0 Å². The van der Waals surface area contributed by atoms with Gasteiger partial charge in [0.2, 0.25) is 0 Å². The van der Waals surface area contributed by atoms with Crippen molar-refractivity contribution < 1.29 is 9.53 Å². The van der Waals surface area contributed by atoms with Crippen molar-refractivity contribution in [3.8, 4) is 0 Å². The summed E-state index contributed by atoms with van der Waals surface area (Å²) in [5.74, 6) is 0.236. The number of hydrogen-bond donors (Lipinski definition) is 2. The first-order valence-corrected chi connectivity index (χ1v) is 9.24. The van der Waals surface area contributed by atoms with Gasteiger partial charge < -0.3 is 15.4 Å². The van der Waals surface area contributed by atoms with Crippen molar-refractivity contribution >= 4 is 22.4 Å². The Morgan fingerprint density at radius 2 is 2.21 bits per heavy atom. The number of nitrogens with zero attached hydrogens (tertiary/aromatic N) is 1. The topological polar surface area (TPSA) is 63.2 Å². The number of thiazole rings is 1. The lowest BCUT2D eigenvalue weighted by molar-refractivity contribution is -0.0272. The highest BCUT2D eigenvalue weighted by Crippen LogP contribution is 2.33. The van der Waals surface area contributed by atoms with E-state index >= 15 is 0 Å². The number of ether oxygens (including phenoxy) is 1. The zero-order chi connectivity index (χ0) is 16.8. The fourth-order valence-corrected chi connectivity index (χ4v) is 3.79. The number of anilines is 1. The van der Waals surface area contributed by atoms with Gasteiger partial charge in [0, 0.05) is 25.6 Å². The first-order valence-electron chi connectivity index (χ1n) is 8.42. The fourth-order valence-electron chi connectivity index (χ4n) is 2.99. The first kappa shape index (κ1) is 16.9. The number of benzene rings is 1. The Labute approximate surface area is 146 Å². The van der Waals surface area contributed by atoms with Crippen LogP contribution in [0.1, 0.15) is 41.1 Å². The average Bonchev–Trinajstić information content (AvgIpc) is 3.10. The largest absolute Gasteiger partial charge is 0.373 e. The highest BCUT2D eigenvalue weighted by Gasteiger charge is 2.27. The van der Waals surface area contributed by atoms with E-state index in [0.717, 1.165) is 31.1 Å². The molecule has 0 radical (unpaired) electrons. The summed E-state index contributed by atoms with van der Waals surface area (Å²) in [7, 11) is 0. The highest BCUT2D eigenvalue weighted by molar-refractivity contribution is 7.17. The third kappa shape index (κ3) is 4.13. The van der Waals surface area contributed by atoms with E-state index in [1.807, 2.05) is 25.1 Å². The van der Waals surface area contributed by atoms with Crippen LogP contribution in [0.4, 0.5) is 5.13 Å². The smallest absolute Gasteiger partial charge is 0.263 e. The van der Waals surface area contributed by atoms with Gasteiger partial charge in [-0.2, -0.15) is 0 Å². The van der Waals surface area contributed by atoms with E-state index in [1.165, 1.54) is 16.9 Å². The predicted octanol–water partition coefficient (Wildman–Crippen LogP) is 3.47. The standard InChI is InChI=1S/C18H23N3O2S/c1-2-19-18-21-12-15(24-18)17(22)20-11-14-9-6-10-23-16(14)13-7-4-3-5-8-13/h3-5,7-8,12,14,16H,2,6,9-11H2,1H3,(H,19,21)(H,20,22)/t14-,16-/m0/s1. The lowest BCUT2D eigenvalue weighted by Crippen LogP contribution is -2.34. The molecule has 1 fully saturated rings. The number of carbonyl (C=O) groups excluding carboxylic acids is 1. The van der Waals surface area contributed by atoms with Crippen molar-refractivity contribution in [3.05, 3.63) is 47.0 Å².